The highest BCUT2D eigenvalue weighted by Crippen LogP contribution is 2.27. The lowest BCUT2D eigenvalue weighted by molar-refractivity contribution is 0.0948. The fourth-order valence-corrected chi connectivity index (χ4v) is 2.89. The maximum atomic E-state index is 11.9. The molecule has 1 amide bonds. The summed E-state index contributed by atoms with van der Waals surface area (Å²) in [6, 6.07) is 5.83. The van der Waals surface area contributed by atoms with Gasteiger partial charge in [0, 0.05) is 6.54 Å². The molecule has 2 heterocycles. The Morgan fingerprint density at radius 2 is 2.21 bits per heavy atom. The Morgan fingerprint density at radius 1 is 1.33 bits per heavy atom. The van der Waals surface area contributed by atoms with E-state index in [-0.39, 0.29) is 5.91 Å². The predicted molar refractivity (Wildman–Crippen MR) is 92.1 cm³/mol. The zero-order chi connectivity index (χ0) is 16.9. The smallest absolute Gasteiger partial charge is 0.273 e. The first kappa shape index (κ1) is 16.6. The Hall–Kier alpha value is -2.28. The molecule has 0 aliphatic rings. The second kappa shape index (κ2) is 7.53. The van der Waals surface area contributed by atoms with Gasteiger partial charge in [0.2, 0.25) is 5.89 Å². The van der Waals surface area contributed by atoms with Gasteiger partial charge in [-0.2, -0.15) is 0 Å². The van der Waals surface area contributed by atoms with E-state index in [1.807, 2.05) is 25.1 Å². The van der Waals surface area contributed by atoms with Gasteiger partial charge in [-0.1, -0.05) is 37.2 Å². The highest BCUT2D eigenvalue weighted by atomic mass is 32.2. The van der Waals surface area contributed by atoms with Gasteiger partial charge in [-0.3, -0.25) is 4.79 Å². The maximum Gasteiger partial charge on any atom is 0.273 e. The largest absolute Gasteiger partial charge is 0.447 e. The van der Waals surface area contributed by atoms with Crippen molar-refractivity contribution in [1.82, 2.24) is 15.3 Å². The predicted octanol–water partition coefficient (Wildman–Crippen LogP) is 3.95. The molecule has 126 valence electrons. The monoisotopic (exact) mass is 345 g/mol. The summed E-state index contributed by atoms with van der Waals surface area (Å²) in [5.74, 6) is 0.717. The maximum absolute atomic E-state index is 11.9. The minimum atomic E-state index is -0.207. The summed E-state index contributed by atoms with van der Waals surface area (Å²) < 4.78 is 11.0. The molecule has 0 aliphatic heterocycles. The van der Waals surface area contributed by atoms with Gasteiger partial charge >= 0.3 is 0 Å². The van der Waals surface area contributed by atoms with E-state index < -0.39 is 0 Å². The quantitative estimate of drug-likeness (QED) is 0.516. The van der Waals surface area contributed by atoms with Crippen LogP contribution in [0.1, 0.15) is 41.7 Å². The van der Waals surface area contributed by atoms with Crippen LogP contribution in [0.5, 0.6) is 0 Å². The van der Waals surface area contributed by atoms with Crippen LogP contribution in [-0.2, 0) is 5.75 Å². The number of nitrogens with zero attached hydrogens (tertiary/aromatic N) is 2. The lowest BCUT2D eigenvalue weighted by Crippen LogP contribution is -2.24. The van der Waals surface area contributed by atoms with Gasteiger partial charge in [-0.05, 0) is 25.0 Å². The van der Waals surface area contributed by atoms with Crippen LogP contribution in [0.3, 0.4) is 0 Å². The summed E-state index contributed by atoms with van der Waals surface area (Å²) in [6.07, 6.45) is 3.36. The van der Waals surface area contributed by atoms with Crippen molar-refractivity contribution in [2.24, 2.45) is 0 Å². The average molecular weight is 345 g/mol. The molecule has 0 saturated carbocycles. The third-order valence-electron chi connectivity index (χ3n) is 3.52. The number of hydrogen-bond donors (Lipinski definition) is 1. The van der Waals surface area contributed by atoms with Gasteiger partial charge in [0.1, 0.15) is 11.8 Å². The molecule has 1 N–H and O–H groups in total. The van der Waals surface area contributed by atoms with Crippen molar-refractivity contribution in [2.75, 3.05) is 6.54 Å². The van der Waals surface area contributed by atoms with Crippen molar-refractivity contribution in [3.63, 3.8) is 0 Å². The Bertz CT molecular complexity index is 841. The van der Waals surface area contributed by atoms with Crippen LogP contribution in [0, 0.1) is 6.92 Å². The third kappa shape index (κ3) is 3.79. The molecule has 6 nitrogen and oxygen atoms in total. The molecule has 7 heteroatoms. The van der Waals surface area contributed by atoms with Gasteiger partial charge in [-0.25, -0.2) is 9.97 Å². The number of benzene rings is 1. The lowest BCUT2D eigenvalue weighted by Gasteiger charge is -1.99. The van der Waals surface area contributed by atoms with E-state index in [4.69, 9.17) is 8.83 Å². The molecule has 3 rings (SSSR count). The zero-order valence-electron chi connectivity index (χ0n) is 13.7. The third-order valence-corrected chi connectivity index (χ3v) is 4.33. The van der Waals surface area contributed by atoms with Gasteiger partial charge in [0.25, 0.3) is 11.1 Å². The Labute approximate surface area is 144 Å². The molecule has 0 atom stereocenters. The molecule has 24 heavy (non-hydrogen) atoms. The Balaban J connectivity index is 1.60. The standard InChI is InChI=1S/C17H19N3O3S/c1-3-4-8-18-16(21)12-9-22-14(19-12)10-24-17-20-15-11(2)6-5-7-13(15)23-17/h5-7,9H,3-4,8,10H2,1-2H3,(H,18,21). The fourth-order valence-electron chi connectivity index (χ4n) is 2.20. The van der Waals surface area contributed by atoms with Crippen LogP contribution in [0.25, 0.3) is 11.1 Å². The first-order chi connectivity index (χ1) is 11.7. The van der Waals surface area contributed by atoms with Crippen LogP contribution in [0.2, 0.25) is 0 Å². The first-order valence-corrected chi connectivity index (χ1v) is 8.87. The van der Waals surface area contributed by atoms with Crippen molar-refractivity contribution in [3.8, 4) is 0 Å². The summed E-state index contributed by atoms with van der Waals surface area (Å²) >= 11 is 1.39. The van der Waals surface area contributed by atoms with Gasteiger partial charge in [0.05, 0.1) is 5.75 Å². The average Bonchev–Trinajstić information content (AvgIpc) is 3.20. The highest BCUT2D eigenvalue weighted by molar-refractivity contribution is 7.98. The van der Waals surface area contributed by atoms with Crippen molar-refractivity contribution in [1.29, 1.82) is 0 Å². The number of para-hydroxylation sites is 1. The molecule has 2 aromatic heterocycles. The van der Waals surface area contributed by atoms with Crippen LogP contribution in [-0.4, -0.2) is 22.4 Å². The fraction of sp³-hybridized carbons (Fsp3) is 0.353. The number of amides is 1. The van der Waals surface area contributed by atoms with Crippen molar-refractivity contribution < 1.29 is 13.6 Å². The van der Waals surface area contributed by atoms with Crippen molar-refractivity contribution >= 4 is 28.8 Å². The number of carbonyl (C=O) groups is 1. The van der Waals surface area contributed by atoms with Crippen LogP contribution < -0.4 is 5.32 Å². The summed E-state index contributed by atoms with van der Waals surface area (Å²) in [7, 11) is 0. The second-order valence-electron chi connectivity index (χ2n) is 5.43. The minimum absolute atomic E-state index is 0.207. The number of aromatic nitrogens is 2. The highest BCUT2D eigenvalue weighted by Gasteiger charge is 2.14. The molecular formula is C17H19N3O3S. The Kier molecular flexibility index (Phi) is 5.20. The van der Waals surface area contributed by atoms with Crippen LogP contribution >= 0.6 is 11.8 Å². The number of fused-ring (bicyclic) bond motifs is 1. The van der Waals surface area contributed by atoms with E-state index >= 15 is 0 Å². The molecule has 3 aromatic rings. The topological polar surface area (TPSA) is 81.2 Å². The van der Waals surface area contributed by atoms with E-state index in [1.54, 1.807) is 0 Å². The minimum Gasteiger partial charge on any atom is -0.447 e. The number of aryl methyl sites for hydroxylation is 1. The first-order valence-electron chi connectivity index (χ1n) is 7.89. The molecule has 0 spiro atoms. The number of thioether (sulfide) groups is 1. The van der Waals surface area contributed by atoms with E-state index in [9.17, 15) is 4.79 Å². The summed E-state index contributed by atoms with van der Waals surface area (Å²) in [5, 5.41) is 3.37. The van der Waals surface area contributed by atoms with E-state index in [2.05, 4.69) is 22.2 Å². The normalized spacial score (nSPS) is 11.1. The number of unbranched alkanes of at least 4 members (excludes halogenated alkanes) is 1. The van der Waals surface area contributed by atoms with Gasteiger partial charge < -0.3 is 14.2 Å². The molecular weight excluding hydrogens is 326 g/mol. The van der Waals surface area contributed by atoms with Gasteiger partial charge in [-0.15, -0.1) is 0 Å². The summed E-state index contributed by atoms with van der Waals surface area (Å²) in [6.45, 7) is 4.72. The van der Waals surface area contributed by atoms with E-state index in [1.165, 1.54) is 18.0 Å². The number of rotatable bonds is 7. The number of nitrogens with one attached hydrogen (secondary N) is 1. The summed E-state index contributed by atoms with van der Waals surface area (Å²) in [4.78, 5) is 20.6. The molecule has 0 fully saturated rings. The molecule has 0 saturated heterocycles. The molecule has 1 aromatic carbocycles. The van der Waals surface area contributed by atoms with Crippen molar-refractivity contribution in [3.05, 3.63) is 41.6 Å². The van der Waals surface area contributed by atoms with E-state index in [0.29, 0.717) is 29.1 Å². The summed E-state index contributed by atoms with van der Waals surface area (Å²) in [5.41, 5.74) is 3.00. The van der Waals surface area contributed by atoms with Crippen LogP contribution in [0.4, 0.5) is 0 Å². The lowest BCUT2D eigenvalue weighted by atomic mass is 10.2. The zero-order valence-corrected chi connectivity index (χ0v) is 14.5. The molecule has 0 aliphatic carbocycles. The van der Waals surface area contributed by atoms with Crippen molar-refractivity contribution in [2.45, 2.75) is 37.7 Å². The SMILES string of the molecule is CCCCNC(=O)c1coc(CSc2nc3c(C)cccc3o2)n1. The second-order valence-corrected chi connectivity index (χ2v) is 6.35. The number of oxazole rings is 2. The number of hydrogen-bond acceptors (Lipinski definition) is 6. The van der Waals surface area contributed by atoms with Gasteiger partial charge in [0.15, 0.2) is 11.3 Å². The Morgan fingerprint density at radius 3 is 3.00 bits per heavy atom. The van der Waals surface area contributed by atoms with Crippen LogP contribution in [0.15, 0.2) is 38.5 Å². The molecule has 0 unspecified atom stereocenters. The van der Waals surface area contributed by atoms with E-state index in [0.717, 1.165) is 29.5 Å². The molecule has 0 radical (unpaired) electrons. The number of carbonyl (C=O) groups excluding carboxylic acids is 1. The molecule has 0 bridgehead atoms.